The van der Waals surface area contributed by atoms with E-state index in [2.05, 4.69) is 4.74 Å². The molecule has 0 aliphatic heterocycles. The number of carboxylic acid groups (broad SMARTS) is 1. The zero-order valence-electron chi connectivity index (χ0n) is 7.55. The number of aliphatic hydroxyl groups is 4. The molecule has 88 valence electrons. The molecule has 0 fully saturated rings. The fourth-order valence-corrected chi connectivity index (χ4v) is 0.824. The maximum absolute atomic E-state index is 10.3. The predicted octanol–water partition coefficient (Wildman–Crippen LogP) is -2.68. The van der Waals surface area contributed by atoms with Crippen molar-refractivity contribution in [3.63, 3.8) is 0 Å². The number of rotatable bonds is 6. The highest BCUT2D eigenvalue weighted by Crippen LogP contribution is 2.06. The Kier molecular flexibility index (Phi) is 5.79. The Balaban J connectivity index is 4.42. The summed E-state index contributed by atoms with van der Waals surface area (Å²) in [7, 11) is 0. The number of carbonyl (C=O) groups is 2. The van der Waals surface area contributed by atoms with Gasteiger partial charge in [-0.25, -0.2) is 4.79 Å². The molecule has 0 aliphatic rings. The molecule has 0 unspecified atom stereocenters. The maximum atomic E-state index is 10.3. The first-order valence-electron chi connectivity index (χ1n) is 3.94. The van der Waals surface area contributed by atoms with Gasteiger partial charge in [-0.1, -0.05) is 0 Å². The summed E-state index contributed by atoms with van der Waals surface area (Å²) in [6.07, 6.45) is -9.19. The maximum Gasteiger partial charge on any atom is 0.506 e. The van der Waals surface area contributed by atoms with Crippen LogP contribution in [0, 0.1) is 0 Å². The molecule has 0 heterocycles. The molecule has 4 atom stereocenters. The fourth-order valence-electron chi connectivity index (χ4n) is 0.824. The first-order valence-corrected chi connectivity index (χ1v) is 3.94. The van der Waals surface area contributed by atoms with E-state index >= 15 is 0 Å². The molecule has 0 amide bonds. The van der Waals surface area contributed by atoms with Crippen LogP contribution in [-0.2, 0) is 9.53 Å². The van der Waals surface area contributed by atoms with E-state index in [1.807, 2.05) is 0 Å². The van der Waals surface area contributed by atoms with Gasteiger partial charge in [0.05, 0.1) is 6.61 Å². The Bertz CT molecular complexity index is 217. The van der Waals surface area contributed by atoms with Crippen molar-refractivity contribution in [2.45, 2.75) is 24.4 Å². The van der Waals surface area contributed by atoms with Gasteiger partial charge in [0.2, 0.25) is 0 Å². The Hall–Kier alpha value is -1.22. The molecule has 8 heteroatoms. The first kappa shape index (κ1) is 13.8. The highest BCUT2D eigenvalue weighted by molar-refractivity contribution is 5.65. The van der Waals surface area contributed by atoms with Gasteiger partial charge in [-0.05, 0) is 0 Å². The molecular weight excluding hydrogens is 212 g/mol. The van der Waals surface area contributed by atoms with Crippen molar-refractivity contribution in [1.29, 1.82) is 0 Å². The highest BCUT2D eigenvalue weighted by atomic mass is 16.7. The lowest BCUT2D eigenvalue weighted by atomic mass is 10.0. The van der Waals surface area contributed by atoms with Crippen molar-refractivity contribution in [2.24, 2.45) is 0 Å². The van der Waals surface area contributed by atoms with Crippen LogP contribution in [0.1, 0.15) is 0 Å². The monoisotopic (exact) mass is 224 g/mol. The van der Waals surface area contributed by atoms with Crippen LogP contribution in [0.5, 0.6) is 0 Å². The van der Waals surface area contributed by atoms with Crippen molar-refractivity contribution in [1.82, 2.24) is 0 Å². The molecule has 5 N–H and O–H groups in total. The van der Waals surface area contributed by atoms with Crippen LogP contribution in [0.15, 0.2) is 0 Å². The van der Waals surface area contributed by atoms with Crippen molar-refractivity contribution < 1.29 is 39.9 Å². The van der Waals surface area contributed by atoms with Crippen molar-refractivity contribution in [3.05, 3.63) is 0 Å². The van der Waals surface area contributed by atoms with E-state index in [0.717, 1.165) is 0 Å². The van der Waals surface area contributed by atoms with Gasteiger partial charge in [-0.2, -0.15) is 0 Å². The Labute approximate surface area is 84.3 Å². The molecule has 0 saturated heterocycles. The third-order valence-electron chi connectivity index (χ3n) is 1.64. The summed E-state index contributed by atoms with van der Waals surface area (Å²) in [5.41, 5.74) is 0. The van der Waals surface area contributed by atoms with E-state index in [1.54, 1.807) is 0 Å². The second-order valence-corrected chi connectivity index (χ2v) is 2.72. The number of aliphatic hydroxyl groups excluding tert-OH is 4. The van der Waals surface area contributed by atoms with E-state index in [-0.39, 0.29) is 6.29 Å². The van der Waals surface area contributed by atoms with Crippen LogP contribution in [0.2, 0.25) is 0 Å². The molecule has 0 spiro atoms. The summed E-state index contributed by atoms with van der Waals surface area (Å²) in [5, 5.41) is 43.8. The van der Waals surface area contributed by atoms with Gasteiger partial charge in [-0.15, -0.1) is 0 Å². The molecule has 0 aromatic heterocycles. The first-order chi connectivity index (χ1) is 6.93. The van der Waals surface area contributed by atoms with Gasteiger partial charge in [-0.3, -0.25) is 4.79 Å². The molecule has 8 nitrogen and oxygen atoms in total. The van der Waals surface area contributed by atoms with Gasteiger partial charge in [0.1, 0.15) is 18.3 Å². The van der Waals surface area contributed by atoms with Crippen molar-refractivity contribution in [2.75, 3.05) is 6.61 Å². The molecule has 0 aromatic rings. The van der Waals surface area contributed by atoms with Crippen LogP contribution in [0.4, 0.5) is 4.79 Å². The lowest BCUT2D eigenvalue weighted by Gasteiger charge is -2.24. The largest absolute Gasteiger partial charge is 0.506 e. The van der Waals surface area contributed by atoms with E-state index in [9.17, 15) is 14.7 Å². The molecule has 15 heavy (non-hydrogen) atoms. The zero-order valence-corrected chi connectivity index (χ0v) is 7.55. The minimum atomic E-state index is -1.94. The van der Waals surface area contributed by atoms with Crippen LogP contribution in [-0.4, -0.2) is 69.0 Å². The van der Waals surface area contributed by atoms with Crippen LogP contribution < -0.4 is 0 Å². The smallest absolute Gasteiger partial charge is 0.450 e. The Morgan fingerprint density at radius 2 is 1.80 bits per heavy atom. The number of hydrogen-bond donors (Lipinski definition) is 5. The van der Waals surface area contributed by atoms with Gasteiger partial charge in [0.25, 0.3) is 0 Å². The topological polar surface area (TPSA) is 145 Å². The van der Waals surface area contributed by atoms with Gasteiger partial charge in [0, 0.05) is 0 Å². The SMILES string of the molecule is O=C[C@H](OC(=O)O)[C@@H](O)[C@@H](O)[C@H](O)CO. The summed E-state index contributed by atoms with van der Waals surface area (Å²) >= 11 is 0. The number of hydrogen-bond acceptors (Lipinski definition) is 7. The summed E-state index contributed by atoms with van der Waals surface area (Å²) < 4.78 is 3.92. The van der Waals surface area contributed by atoms with Crippen LogP contribution >= 0.6 is 0 Å². The number of carbonyl (C=O) groups excluding carboxylic acids is 1. The van der Waals surface area contributed by atoms with E-state index < -0.39 is 37.2 Å². The minimum absolute atomic E-state index is 0.0356. The lowest BCUT2D eigenvalue weighted by Crippen LogP contribution is -2.47. The van der Waals surface area contributed by atoms with Crippen molar-refractivity contribution >= 4 is 12.4 Å². The molecule has 0 saturated carbocycles. The predicted molar refractivity (Wildman–Crippen MR) is 44.1 cm³/mol. The number of ether oxygens (including phenoxy) is 1. The Morgan fingerprint density at radius 3 is 2.13 bits per heavy atom. The molecule has 0 aromatic carbocycles. The summed E-state index contributed by atoms with van der Waals surface area (Å²) in [6, 6.07) is 0. The second-order valence-electron chi connectivity index (χ2n) is 2.72. The summed E-state index contributed by atoms with van der Waals surface area (Å²) in [4.78, 5) is 20.3. The minimum Gasteiger partial charge on any atom is -0.450 e. The molecule has 0 bridgehead atoms. The van der Waals surface area contributed by atoms with Crippen LogP contribution in [0.25, 0.3) is 0 Å². The lowest BCUT2D eigenvalue weighted by molar-refractivity contribution is -0.139. The average Bonchev–Trinajstić information content (AvgIpc) is 2.22. The van der Waals surface area contributed by atoms with Gasteiger partial charge in [0.15, 0.2) is 12.4 Å². The van der Waals surface area contributed by atoms with Gasteiger partial charge >= 0.3 is 6.16 Å². The molecule has 0 aliphatic carbocycles. The average molecular weight is 224 g/mol. The third kappa shape index (κ3) is 4.21. The second kappa shape index (κ2) is 6.30. The Morgan fingerprint density at radius 1 is 1.27 bits per heavy atom. The molecule has 0 rings (SSSR count). The van der Waals surface area contributed by atoms with E-state index in [4.69, 9.17) is 20.4 Å². The summed E-state index contributed by atoms with van der Waals surface area (Å²) in [5.74, 6) is 0. The quantitative estimate of drug-likeness (QED) is 0.242. The van der Waals surface area contributed by atoms with E-state index in [0.29, 0.717) is 0 Å². The van der Waals surface area contributed by atoms with Crippen LogP contribution in [0.3, 0.4) is 0 Å². The fraction of sp³-hybridized carbons (Fsp3) is 0.714. The molecular formula is C7H12O8. The summed E-state index contributed by atoms with van der Waals surface area (Å²) in [6.45, 7) is -0.850. The van der Waals surface area contributed by atoms with Crippen molar-refractivity contribution in [3.8, 4) is 0 Å². The number of aldehydes is 1. The molecule has 0 radical (unpaired) electrons. The van der Waals surface area contributed by atoms with Gasteiger partial charge < -0.3 is 30.3 Å². The third-order valence-corrected chi connectivity index (χ3v) is 1.64. The normalized spacial score (nSPS) is 18.7. The highest BCUT2D eigenvalue weighted by Gasteiger charge is 2.33. The standard InChI is InChI=1S/C7H12O8/c8-1-3(10)5(11)6(12)4(2-9)15-7(13)14/h2-6,8,10-12H,1H2,(H,13,14)/t3-,4+,5+,6-/m1/s1. The van der Waals surface area contributed by atoms with E-state index in [1.165, 1.54) is 0 Å². The zero-order chi connectivity index (χ0) is 12.0.